The predicted octanol–water partition coefficient (Wildman–Crippen LogP) is 3.61. The van der Waals surface area contributed by atoms with Crippen LogP contribution in [-0.2, 0) is 11.2 Å². The van der Waals surface area contributed by atoms with Gasteiger partial charge in [-0.15, -0.1) is 0 Å². The topological polar surface area (TPSA) is 83.4 Å². The number of aliphatic hydroxyl groups excluding tert-OH is 1. The molecule has 0 radical (unpaired) electrons. The first-order valence-corrected chi connectivity index (χ1v) is 11.2. The van der Waals surface area contributed by atoms with Gasteiger partial charge >= 0.3 is 0 Å². The molecule has 1 fully saturated rings. The van der Waals surface area contributed by atoms with Gasteiger partial charge < -0.3 is 20.3 Å². The molecule has 6 heteroatoms. The molecular formula is C27H29N3O3. The number of hydrogen-bond donors (Lipinski definition) is 3. The SMILES string of the molecule is C=C1C[C@H]([C@H](O)c2ccccc2)N[C@@H]1Cc1ccc(NC(=O)C(C)n2ccccc2=O)cc1. The summed E-state index contributed by atoms with van der Waals surface area (Å²) in [7, 11) is 0. The Balaban J connectivity index is 1.35. The molecule has 170 valence electrons. The molecule has 1 aliphatic heterocycles. The monoisotopic (exact) mass is 443 g/mol. The zero-order chi connectivity index (χ0) is 23.4. The largest absolute Gasteiger partial charge is 0.387 e. The van der Waals surface area contributed by atoms with Crippen molar-refractivity contribution >= 4 is 11.6 Å². The van der Waals surface area contributed by atoms with Crippen molar-refractivity contribution in [3.8, 4) is 0 Å². The average Bonchev–Trinajstić information content (AvgIpc) is 3.20. The van der Waals surface area contributed by atoms with Gasteiger partial charge in [-0.05, 0) is 49.1 Å². The minimum Gasteiger partial charge on any atom is -0.387 e. The lowest BCUT2D eigenvalue weighted by atomic mass is 9.98. The predicted molar refractivity (Wildman–Crippen MR) is 130 cm³/mol. The molecule has 1 unspecified atom stereocenters. The second-order valence-electron chi connectivity index (χ2n) is 8.56. The Labute approximate surface area is 193 Å². The molecule has 0 aliphatic carbocycles. The summed E-state index contributed by atoms with van der Waals surface area (Å²) in [5.74, 6) is -0.250. The van der Waals surface area contributed by atoms with Crippen LogP contribution in [0.3, 0.4) is 0 Å². The van der Waals surface area contributed by atoms with Crippen molar-refractivity contribution in [2.75, 3.05) is 5.32 Å². The number of nitrogens with zero attached hydrogens (tertiary/aromatic N) is 1. The molecule has 2 heterocycles. The smallest absolute Gasteiger partial charge is 0.251 e. The lowest BCUT2D eigenvalue weighted by Crippen LogP contribution is -2.35. The molecule has 33 heavy (non-hydrogen) atoms. The molecule has 2 aromatic carbocycles. The van der Waals surface area contributed by atoms with Crippen LogP contribution in [0.4, 0.5) is 5.69 Å². The summed E-state index contributed by atoms with van der Waals surface area (Å²) in [6.45, 7) is 5.91. The van der Waals surface area contributed by atoms with E-state index in [-0.39, 0.29) is 23.6 Å². The lowest BCUT2D eigenvalue weighted by molar-refractivity contribution is -0.118. The van der Waals surface area contributed by atoms with Crippen LogP contribution in [0.1, 0.15) is 36.6 Å². The number of nitrogens with one attached hydrogen (secondary N) is 2. The summed E-state index contributed by atoms with van der Waals surface area (Å²) in [4.78, 5) is 24.5. The van der Waals surface area contributed by atoms with E-state index in [2.05, 4.69) is 17.2 Å². The minimum absolute atomic E-state index is 0.0636. The van der Waals surface area contributed by atoms with Gasteiger partial charge in [-0.2, -0.15) is 0 Å². The van der Waals surface area contributed by atoms with E-state index in [4.69, 9.17) is 0 Å². The van der Waals surface area contributed by atoms with Crippen molar-refractivity contribution in [1.29, 1.82) is 0 Å². The van der Waals surface area contributed by atoms with E-state index in [9.17, 15) is 14.7 Å². The van der Waals surface area contributed by atoms with Gasteiger partial charge in [0.2, 0.25) is 5.91 Å². The fourth-order valence-electron chi connectivity index (χ4n) is 4.24. The van der Waals surface area contributed by atoms with Gasteiger partial charge in [0.25, 0.3) is 5.56 Å². The van der Waals surface area contributed by atoms with Crippen molar-refractivity contribution < 1.29 is 9.90 Å². The number of pyridine rings is 1. The Hall–Kier alpha value is -3.48. The van der Waals surface area contributed by atoms with E-state index in [1.165, 1.54) is 10.6 Å². The van der Waals surface area contributed by atoms with Crippen LogP contribution in [0.5, 0.6) is 0 Å². The molecule has 0 spiro atoms. The molecule has 4 atom stereocenters. The molecule has 1 saturated heterocycles. The first-order valence-electron chi connectivity index (χ1n) is 11.2. The van der Waals surface area contributed by atoms with E-state index in [1.54, 1.807) is 25.3 Å². The van der Waals surface area contributed by atoms with E-state index >= 15 is 0 Å². The van der Waals surface area contributed by atoms with Gasteiger partial charge in [0.1, 0.15) is 6.04 Å². The highest BCUT2D eigenvalue weighted by Crippen LogP contribution is 2.29. The minimum atomic E-state index is -0.614. The number of benzene rings is 2. The van der Waals surface area contributed by atoms with Crippen molar-refractivity contribution in [2.45, 2.75) is 44.0 Å². The Morgan fingerprint density at radius 2 is 1.82 bits per heavy atom. The van der Waals surface area contributed by atoms with E-state index in [0.29, 0.717) is 5.69 Å². The van der Waals surface area contributed by atoms with Gasteiger partial charge in [0.15, 0.2) is 0 Å². The van der Waals surface area contributed by atoms with Gasteiger partial charge in [0.05, 0.1) is 6.10 Å². The summed E-state index contributed by atoms with van der Waals surface area (Å²) < 4.78 is 1.40. The molecular weight excluding hydrogens is 414 g/mol. The van der Waals surface area contributed by atoms with Crippen molar-refractivity contribution in [1.82, 2.24) is 9.88 Å². The van der Waals surface area contributed by atoms with Crippen LogP contribution in [-0.4, -0.2) is 27.7 Å². The zero-order valence-electron chi connectivity index (χ0n) is 18.6. The summed E-state index contributed by atoms with van der Waals surface area (Å²) in [6, 6.07) is 21.6. The van der Waals surface area contributed by atoms with Crippen LogP contribution < -0.4 is 16.2 Å². The summed E-state index contributed by atoms with van der Waals surface area (Å²) in [5, 5.41) is 17.1. The molecule has 3 aromatic rings. The van der Waals surface area contributed by atoms with E-state index in [0.717, 1.165) is 29.5 Å². The number of carbonyl (C=O) groups is 1. The Bertz CT molecular complexity index is 1170. The van der Waals surface area contributed by atoms with Crippen molar-refractivity contribution in [2.24, 2.45) is 0 Å². The maximum atomic E-state index is 12.6. The third-order valence-corrected chi connectivity index (χ3v) is 6.22. The lowest BCUT2D eigenvalue weighted by Gasteiger charge is -2.20. The number of anilines is 1. The molecule has 0 saturated carbocycles. The standard InChI is InChI=1S/C27H29N3O3/c1-18-16-24(26(32)21-8-4-3-5-9-21)29-23(18)17-20-11-13-22(14-12-20)28-27(33)19(2)30-15-7-6-10-25(30)31/h3-15,19,23-24,26,29,32H,1,16-17H2,2H3,(H,28,33)/t19?,23-,24-,26-/m1/s1. The van der Waals surface area contributed by atoms with E-state index < -0.39 is 12.1 Å². The number of aliphatic hydroxyl groups is 1. The fourth-order valence-corrected chi connectivity index (χ4v) is 4.24. The van der Waals surface area contributed by atoms with Crippen LogP contribution >= 0.6 is 0 Å². The number of aromatic nitrogens is 1. The molecule has 0 bridgehead atoms. The normalized spacial score (nSPS) is 19.8. The summed E-state index contributed by atoms with van der Waals surface area (Å²) >= 11 is 0. The highest BCUT2D eigenvalue weighted by atomic mass is 16.3. The van der Waals surface area contributed by atoms with Crippen molar-refractivity contribution in [3.05, 3.63) is 113 Å². The number of hydrogen-bond acceptors (Lipinski definition) is 4. The fraction of sp³-hybridized carbons (Fsp3) is 0.259. The highest BCUT2D eigenvalue weighted by molar-refractivity contribution is 5.93. The molecule has 3 N–H and O–H groups in total. The number of amides is 1. The van der Waals surface area contributed by atoms with Crippen LogP contribution in [0.25, 0.3) is 0 Å². The molecule has 6 nitrogen and oxygen atoms in total. The highest BCUT2D eigenvalue weighted by Gasteiger charge is 2.32. The van der Waals surface area contributed by atoms with Crippen LogP contribution in [0, 0.1) is 0 Å². The van der Waals surface area contributed by atoms with Gasteiger partial charge in [-0.1, -0.05) is 60.7 Å². The third kappa shape index (κ3) is 5.30. The summed E-state index contributed by atoms with van der Waals surface area (Å²) in [6.07, 6.45) is 2.51. The second kappa shape index (κ2) is 9.98. The van der Waals surface area contributed by atoms with Crippen LogP contribution in [0.15, 0.2) is 95.9 Å². The van der Waals surface area contributed by atoms with Gasteiger partial charge in [-0.25, -0.2) is 0 Å². The maximum Gasteiger partial charge on any atom is 0.251 e. The average molecular weight is 444 g/mol. The van der Waals surface area contributed by atoms with Crippen LogP contribution in [0.2, 0.25) is 0 Å². The van der Waals surface area contributed by atoms with Crippen molar-refractivity contribution in [3.63, 3.8) is 0 Å². The zero-order valence-corrected chi connectivity index (χ0v) is 18.6. The molecule has 1 amide bonds. The summed E-state index contributed by atoms with van der Waals surface area (Å²) in [5.41, 5.74) is 3.55. The second-order valence-corrected chi connectivity index (χ2v) is 8.56. The molecule has 4 rings (SSSR count). The number of rotatable bonds is 7. The number of carbonyl (C=O) groups excluding carboxylic acids is 1. The Morgan fingerprint density at radius 1 is 1.12 bits per heavy atom. The Kier molecular flexibility index (Phi) is 6.87. The quantitative estimate of drug-likeness (QED) is 0.487. The Morgan fingerprint density at radius 3 is 2.52 bits per heavy atom. The maximum absolute atomic E-state index is 12.6. The molecule has 1 aliphatic rings. The molecule has 1 aromatic heterocycles. The third-order valence-electron chi connectivity index (χ3n) is 6.22. The van der Waals surface area contributed by atoms with E-state index in [1.807, 2.05) is 54.6 Å². The van der Waals surface area contributed by atoms with Gasteiger partial charge in [0, 0.05) is 30.0 Å². The first-order chi connectivity index (χ1) is 15.9. The first kappa shape index (κ1) is 22.7. The van der Waals surface area contributed by atoms with Gasteiger partial charge in [-0.3, -0.25) is 9.59 Å².